The molecule has 1 heterocycles. The number of rotatable bonds is 14. The number of hydrogen-bond donors (Lipinski definition) is 3. The van der Waals surface area contributed by atoms with Crippen LogP contribution in [0.15, 0.2) is 137 Å². The number of carbonyl (C=O) groups is 1. The average Bonchev–Trinajstić information content (AvgIpc) is 3.74. The largest absolute Gasteiger partial charge is 0.494 e. The van der Waals surface area contributed by atoms with Gasteiger partial charge in [-0.05, 0) is 74.3 Å². The van der Waals surface area contributed by atoms with Gasteiger partial charge in [0, 0.05) is 40.5 Å². The van der Waals surface area contributed by atoms with Gasteiger partial charge in [-0.25, -0.2) is 10.4 Å². The van der Waals surface area contributed by atoms with E-state index in [2.05, 4.69) is 43.0 Å². The summed E-state index contributed by atoms with van der Waals surface area (Å²) in [6.07, 6.45) is -0.526. The Kier molecular flexibility index (Phi) is 10.3. The van der Waals surface area contributed by atoms with Gasteiger partial charge in [-0.15, -0.1) is 0 Å². The highest BCUT2D eigenvalue weighted by molar-refractivity contribution is 6.01. The number of nitrogens with zero attached hydrogens (tertiary/aromatic N) is 7. The summed E-state index contributed by atoms with van der Waals surface area (Å²) in [6.45, 7) is 0.393. The molecule has 7 rings (SSSR count). The monoisotopic (exact) mass is 705 g/mol. The third kappa shape index (κ3) is 7.01. The Labute approximate surface area is 305 Å². The van der Waals surface area contributed by atoms with E-state index in [-0.39, 0.29) is 31.5 Å². The van der Waals surface area contributed by atoms with Crippen LogP contribution in [-0.4, -0.2) is 35.7 Å². The molecule has 0 unspecified atom stereocenters. The molecule has 3 N–H and O–H groups in total. The lowest BCUT2D eigenvalue weighted by Crippen LogP contribution is -2.54. The van der Waals surface area contributed by atoms with Crippen LogP contribution in [0.3, 0.4) is 0 Å². The lowest BCUT2D eigenvalue weighted by atomic mass is 9.80. The first-order valence-electron chi connectivity index (χ1n) is 17.1. The van der Waals surface area contributed by atoms with E-state index in [4.69, 9.17) is 19.6 Å². The molecule has 0 saturated carbocycles. The Balaban J connectivity index is 1.34. The van der Waals surface area contributed by atoms with Crippen LogP contribution >= 0.6 is 0 Å². The third-order valence-electron chi connectivity index (χ3n) is 9.44. The SMILES string of the molecule is [N-]=[N+]=NCc1ccccc1[C@@H]1OC(c2ccc(OCCCO)cc2)=N[C@]1(Cc1ccccc1N=[N+]=[N-])C(=O)NNC1c2ccccc2-c2ccccc21. The number of benzene rings is 5. The average molecular weight is 706 g/mol. The first-order chi connectivity index (χ1) is 26.1. The molecule has 13 heteroatoms. The predicted molar refractivity (Wildman–Crippen MR) is 200 cm³/mol. The number of ether oxygens (including phenoxy) is 2. The van der Waals surface area contributed by atoms with Gasteiger partial charge in [0.15, 0.2) is 11.6 Å². The van der Waals surface area contributed by atoms with Gasteiger partial charge in [-0.1, -0.05) is 107 Å². The smallest absolute Gasteiger partial charge is 0.266 e. The van der Waals surface area contributed by atoms with Gasteiger partial charge < -0.3 is 14.6 Å². The fourth-order valence-electron chi connectivity index (χ4n) is 6.95. The number of azide groups is 2. The van der Waals surface area contributed by atoms with Gasteiger partial charge >= 0.3 is 0 Å². The molecular weight excluding hydrogens is 670 g/mol. The van der Waals surface area contributed by atoms with Crippen molar-refractivity contribution in [3.8, 4) is 16.9 Å². The minimum absolute atomic E-state index is 0.0140. The predicted octanol–water partition coefficient (Wildman–Crippen LogP) is 8.09. The molecule has 13 nitrogen and oxygen atoms in total. The highest BCUT2D eigenvalue weighted by Gasteiger charge is 2.54. The van der Waals surface area contributed by atoms with E-state index in [1.807, 2.05) is 66.7 Å². The molecule has 264 valence electrons. The Morgan fingerprint density at radius 1 is 0.830 bits per heavy atom. The second kappa shape index (κ2) is 15.7. The Morgan fingerprint density at radius 2 is 1.47 bits per heavy atom. The molecule has 2 aliphatic rings. The summed E-state index contributed by atoms with van der Waals surface area (Å²) in [4.78, 5) is 26.3. The van der Waals surface area contributed by atoms with Gasteiger partial charge in [0.25, 0.3) is 5.91 Å². The molecule has 1 amide bonds. The third-order valence-corrected chi connectivity index (χ3v) is 9.44. The van der Waals surface area contributed by atoms with E-state index in [0.29, 0.717) is 46.7 Å². The van der Waals surface area contributed by atoms with E-state index < -0.39 is 17.6 Å². The second-order valence-corrected chi connectivity index (χ2v) is 12.6. The summed E-state index contributed by atoms with van der Waals surface area (Å²) < 4.78 is 12.5. The number of hydrazine groups is 1. The molecule has 0 aromatic heterocycles. The van der Waals surface area contributed by atoms with Crippen molar-refractivity contribution in [3.63, 3.8) is 0 Å². The van der Waals surface area contributed by atoms with Crippen LogP contribution < -0.4 is 15.6 Å². The number of aliphatic hydroxyl groups excluding tert-OH is 1. The van der Waals surface area contributed by atoms with Gasteiger partial charge in [0.2, 0.25) is 5.90 Å². The number of hydrogen-bond acceptors (Lipinski definition) is 8. The van der Waals surface area contributed by atoms with E-state index in [9.17, 15) is 11.1 Å². The minimum Gasteiger partial charge on any atom is -0.494 e. The summed E-state index contributed by atoms with van der Waals surface area (Å²) in [6, 6.07) is 37.3. The van der Waals surface area contributed by atoms with Crippen LogP contribution in [0.25, 0.3) is 32.0 Å². The molecule has 2 atom stereocenters. The summed E-state index contributed by atoms with van der Waals surface area (Å²) in [7, 11) is 0. The minimum atomic E-state index is -1.66. The molecule has 0 fully saturated rings. The number of aliphatic imine (C=N–C) groups is 1. The number of nitrogens with one attached hydrogen (secondary N) is 2. The quantitative estimate of drug-likeness (QED) is 0.0345. The zero-order valence-electron chi connectivity index (χ0n) is 28.5. The number of aliphatic hydroxyl groups is 1. The van der Waals surface area contributed by atoms with Crippen molar-refractivity contribution in [2.45, 2.75) is 37.1 Å². The second-order valence-electron chi connectivity index (χ2n) is 12.6. The first-order valence-corrected chi connectivity index (χ1v) is 17.1. The van der Waals surface area contributed by atoms with E-state index in [1.54, 1.807) is 42.5 Å². The van der Waals surface area contributed by atoms with Crippen LogP contribution in [-0.2, 0) is 22.5 Å². The zero-order valence-corrected chi connectivity index (χ0v) is 28.5. The topological polar surface area (TPSA) is 190 Å². The van der Waals surface area contributed by atoms with Crippen molar-refractivity contribution in [2.24, 2.45) is 15.2 Å². The number of carbonyl (C=O) groups excluding carboxylic acids is 1. The van der Waals surface area contributed by atoms with Gasteiger partial charge in [-0.2, -0.15) is 0 Å². The highest BCUT2D eigenvalue weighted by atomic mass is 16.5. The van der Waals surface area contributed by atoms with Gasteiger partial charge in [0.05, 0.1) is 19.2 Å². The first kappa shape index (κ1) is 34.8. The highest BCUT2D eigenvalue weighted by Crippen LogP contribution is 2.46. The summed E-state index contributed by atoms with van der Waals surface area (Å²) in [5, 5.41) is 16.9. The zero-order chi connectivity index (χ0) is 36.6. The normalized spacial score (nSPS) is 17.0. The Hall–Kier alpha value is -6.62. The molecule has 53 heavy (non-hydrogen) atoms. The van der Waals surface area contributed by atoms with Gasteiger partial charge in [0.1, 0.15) is 5.75 Å². The molecule has 1 aliphatic carbocycles. The van der Waals surface area contributed by atoms with Crippen LogP contribution in [0.1, 0.15) is 51.9 Å². The standard InChI is InChI=1S/C40H35N9O4/c41-48-43-25-28-11-1-3-12-30(28)37-40(24-27-10-2-8-17-35(27)45-49-42,44-38(53-37)26-18-20-29(21-19-26)52-23-9-22-50)39(51)47-46-36-33-15-6-4-13-31(33)32-14-5-7-16-34(32)36/h1-8,10-21,36-37,46,50H,9,22-25H2,(H,47,51)/t37-,40-/m0/s1. The summed E-state index contributed by atoms with van der Waals surface area (Å²) in [5.41, 5.74) is 30.3. The molecule has 5 aromatic rings. The van der Waals surface area contributed by atoms with E-state index >= 15 is 4.79 Å². The van der Waals surface area contributed by atoms with Crippen molar-refractivity contribution in [1.29, 1.82) is 0 Å². The van der Waals surface area contributed by atoms with Crippen molar-refractivity contribution in [2.75, 3.05) is 13.2 Å². The van der Waals surface area contributed by atoms with Crippen LogP contribution in [0.2, 0.25) is 0 Å². The van der Waals surface area contributed by atoms with E-state index in [1.165, 1.54) is 0 Å². The van der Waals surface area contributed by atoms with Crippen LogP contribution in [0.4, 0.5) is 5.69 Å². The molecule has 1 aliphatic heterocycles. The molecule has 5 aromatic carbocycles. The summed E-state index contributed by atoms with van der Waals surface area (Å²) in [5.74, 6) is 0.326. The molecule has 0 saturated heterocycles. The Morgan fingerprint density at radius 3 is 2.15 bits per heavy atom. The van der Waals surface area contributed by atoms with Gasteiger partial charge in [-0.3, -0.25) is 10.2 Å². The van der Waals surface area contributed by atoms with E-state index in [0.717, 1.165) is 22.3 Å². The van der Waals surface area contributed by atoms with Crippen molar-refractivity contribution >= 4 is 17.5 Å². The number of amides is 1. The fourth-order valence-corrected chi connectivity index (χ4v) is 6.95. The Bertz CT molecular complexity index is 2220. The van der Waals surface area contributed by atoms with Crippen molar-refractivity contribution in [1.82, 2.24) is 10.9 Å². The summed E-state index contributed by atoms with van der Waals surface area (Å²) >= 11 is 0. The maximum absolute atomic E-state index is 15.1. The lowest BCUT2D eigenvalue weighted by molar-refractivity contribution is -0.130. The number of fused-ring (bicyclic) bond motifs is 3. The van der Waals surface area contributed by atoms with Crippen LogP contribution in [0, 0.1) is 0 Å². The maximum Gasteiger partial charge on any atom is 0.266 e. The molecule has 0 bridgehead atoms. The van der Waals surface area contributed by atoms with Crippen molar-refractivity contribution < 1.29 is 19.4 Å². The lowest BCUT2D eigenvalue weighted by Gasteiger charge is -2.32. The fraction of sp³-hybridized carbons (Fsp3) is 0.200. The van der Waals surface area contributed by atoms with Crippen molar-refractivity contribution in [3.05, 3.63) is 176 Å². The maximum atomic E-state index is 15.1. The molecule has 0 radical (unpaired) electrons. The molecule has 0 spiro atoms. The van der Waals surface area contributed by atoms with Crippen LogP contribution in [0.5, 0.6) is 5.75 Å². The molecular formula is C40H35N9O4.